The van der Waals surface area contributed by atoms with Crippen molar-refractivity contribution < 1.29 is 23.9 Å². The number of methoxy groups -OCH3 is 1. The van der Waals surface area contributed by atoms with Gasteiger partial charge in [-0.05, 0) is 60.5 Å². The highest BCUT2D eigenvalue weighted by atomic mass is 16.6. The lowest BCUT2D eigenvalue weighted by Gasteiger charge is -2.13. The normalized spacial score (nSPS) is 10.7. The van der Waals surface area contributed by atoms with E-state index in [0.717, 1.165) is 0 Å². The molecule has 35 heavy (non-hydrogen) atoms. The van der Waals surface area contributed by atoms with Crippen LogP contribution in [0.15, 0.2) is 72.3 Å². The average molecular weight is 473 g/mol. The van der Waals surface area contributed by atoms with Gasteiger partial charge in [-0.2, -0.15) is 5.26 Å². The third-order valence-corrected chi connectivity index (χ3v) is 4.81. The molecule has 0 bridgehead atoms. The van der Waals surface area contributed by atoms with Crippen molar-refractivity contribution in [2.24, 2.45) is 0 Å². The Morgan fingerprint density at radius 3 is 2.51 bits per heavy atom. The summed E-state index contributed by atoms with van der Waals surface area (Å²) in [7, 11) is 1.55. The van der Waals surface area contributed by atoms with Crippen LogP contribution in [0, 0.1) is 21.4 Å². The molecule has 3 rings (SSSR count). The second-order valence-corrected chi connectivity index (χ2v) is 7.21. The van der Waals surface area contributed by atoms with Gasteiger partial charge in [-0.1, -0.05) is 18.2 Å². The maximum atomic E-state index is 12.6. The van der Waals surface area contributed by atoms with Crippen LogP contribution in [0.1, 0.15) is 18.1 Å². The molecule has 0 aliphatic rings. The van der Waals surface area contributed by atoms with Crippen molar-refractivity contribution >= 4 is 23.4 Å². The number of nitriles is 1. The molecule has 0 saturated carbocycles. The summed E-state index contributed by atoms with van der Waals surface area (Å²) in [6.07, 6.45) is 1.45. The van der Waals surface area contributed by atoms with Gasteiger partial charge in [0.2, 0.25) is 0 Å². The van der Waals surface area contributed by atoms with E-state index in [2.05, 4.69) is 5.32 Å². The number of ether oxygens (including phenoxy) is 3. The van der Waals surface area contributed by atoms with Crippen molar-refractivity contribution in [3.8, 4) is 23.3 Å². The highest BCUT2D eigenvalue weighted by Crippen LogP contribution is 2.30. The van der Waals surface area contributed by atoms with Crippen molar-refractivity contribution in [3.63, 3.8) is 0 Å². The smallest absolute Gasteiger partial charge is 0.269 e. The first-order valence-corrected chi connectivity index (χ1v) is 10.6. The van der Waals surface area contributed by atoms with E-state index in [1.54, 1.807) is 61.7 Å². The van der Waals surface area contributed by atoms with Gasteiger partial charge in [0.1, 0.15) is 24.0 Å². The number of benzene rings is 3. The van der Waals surface area contributed by atoms with E-state index < -0.39 is 10.8 Å². The van der Waals surface area contributed by atoms with Gasteiger partial charge in [0, 0.05) is 17.8 Å². The van der Waals surface area contributed by atoms with Gasteiger partial charge in [0.15, 0.2) is 11.5 Å². The molecule has 0 aromatic heterocycles. The van der Waals surface area contributed by atoms with Crippen LogP contribution in [0.2, 0.25) is 0 Å². The standard InChI is InChI=1S/C26H23N3O6/c1-3-34-25-15-18(7-12-24(25)35-17-19-5-4-6-22(14-19)29(31)32)13-20(16-27)26(30)28-21-8-10-23(33-2)11-9-21/h4-15H,3,17H2,1-2H3,(H,28,30)/b20-13-. The molecule has 0 fully saturated rings. The Morgan fingerprint density at radius 1 is 1.09 bits per heavy atom. The Hall–Kier alpha value is -4.84. The summed E-state index contributed by atoms with van der Waals surface area (Å²) >= 11 is 0. The van der Waals surface area contributed by atoms with Crippen LogP contribution in [0.5, 0.6) is 17.2 Å². The summed E-state index contributed by atoms with van der Waals surface area (Å²) in [5, 5.41) is 23.2. The van der Waals surface area contributed by atoms with Crippen LogP contribution in [-0.2, 0) is 11.4 Å². The first-order valence-electron chi connectivity index (χ1n) is 10.6. The lowest BCUT2D eigenvalue weighted by molar-refractivity contribution is -0.384. The summed E-state index contributed by atoms with van der Waals surface area (Å²) < 4.78 is 16.6. The summed E-state index contributed by atoms with van der Waals surface area (Å²) in [5.41, 5.74) is 1.61. The molecular formula is C26H23N3O6. The maximum Gasteiger partial charge on any atom is 0.269 e. The van der Waals surface area contributed by atoms with Crippen LogP contribution >= 0.6 is 0 Å². The first kappa shape index (κ1) is 24.8. The van der Waals surface area contributed by atoms with Crippen LogP contribution in [-0.4, -0.2) is 24.5 Å². The van der Waals surface area contributed by atoms with Crippen LogP contribution in [0.25, 0.3) is 6.08 Å². The van der Waals surface area contributed by atoms with E-state index in [0.29, 0.717) is 40.7 Å². The zero-order valence-corrected chi connectivity index (χ0v) is 19.2. The zero-order valence-electron chi connectivity index (χ0n) is 19.2. The largest absolute Gasteiger partial charge is 0.497 e. The van der Waals surface area contributed by atoms with Crippen LogP contribution in [0.4, 0.5) is 11.4 Å². The van der Waals surface area contributed by atoms with Gasteiger partial charge < -0.3 is 19.5 Å². The van der Waals surface area contributed by atoms with E-state index in [9.17, 15) is 20.2 Å². The third kappa shape index (κ3) is 6.82. The molecule has 0 atom stereocenters. The lowest BCUT2D eigenvalue weighted by atomic mass is 10.1. The number of carbonyl (C=O) groups is 1. The lowest BCUT2D eigenvalue weighted by Crippen LogP contribution is -2.13. The fourth-order valence-electron chi connectivity index (χ4n) is 3.11. The number of non-ortho nitro benzene ring substituents is 1. The minimum Gasteiger partial charge on any atom is -0.497 e. The summed E-state index contributed by atoms with van der Waals surface area (Å²) in [5.74, 6) is 0.938. The highest BCUT2D eigenvalue weighted by Gasteiger charge is 2.13. The van der Waals surface area contributed by atoms with Crippen molar-refractivity contribution in [1.82, 2.24) is 0 Å². The number of anilines is 1. The second-order valence-electron chi connectivity index (χ2n) is 7.21. The number of nitro benzene ring substituents is 1. The number of rotatable bonds is 10. The van der Waals surface area contributed by atoms with Gasteiger partial charge in [-0.15, -0.1) is 0 Å². The highest BCUT2D eigenvalue weighted by molar-refractivity contribution is 6.09. The Labute approximate surface area is 202 Å². The third-order valence-electron chi connectivity index (χ3n) is 4.81. The van der Waals surface area contributed by atoms with E-state index in [1.165, 1.54) is 18.2 Å². The average Bonchev–Trinajstić information content (AvgIpc) is 2.87. The van der Waals surface area contributed by atoms with Crippen molar-refractivity contribution in [2.45, 2.75) is 13.5 Å². The molecule has 0 spiro atoms. The number of carbonyl (C=O) groups excluding carboxylic acids is 1. The fraction of sp³-hybridized carbons (Fsp3) is 0.154. The summed E-state index contributed by atoms with van der Waals surface area (Å²) in [6.45, 7) is 2.28. The number of nitro groups is 1. The Balaban J connectivity index is 1.76. The fourth-order valence-corrected chi connectivity index (χ4v) is 3.11. The predicted molar refractivity (Wildman–Crippen MR) is 130 cm³/mol. The molecule has 1 N–H and O–H groups in total. The molecule has 0 radical (unpaired) electrons. The van der Waals surface area contributed by atoms with Crippen molar-refractivity contribution in [1.29, 1.82) is 5.26 Å². The quantitative estimate of drug-likeness (QED) is 0.187. The van der Waals surface area contributed by atoms with Crippen molar-refractivity contribution in [3.05, 3.63) is 93.5 Å². The predicted octanol–water partition coefficient (Wildman–Crippen LogP) is 5.13. The first-order chi connectivity index (χ1) is 16.9. The molecular weight excluding hydrogens is 450 g/mol. The van der Waals surface area contributed by atoms with E-state index in [-0.39, 0.29) is 17.9 Å². The number of nitrogens with zero attached hydrogens (tertiary/aromatic N) is 2. The van der Waals surface area contributed by atoms with E-state index in [1.807, 2.05) is 13.0 Å². The van der Waals surface area contributed by atoms with E-state index >= 15 is 0 Å². The molecule has 0 heterocycles. The molecule has 1 amide bonds. The van der Waals surface area contributed by atoms with Gasteiger partial charge in [0.25, 0.3) is 11.6 Å². The molecule has 3 aromatic carbocycles. The van der Waals surface area contributed by atoms with Gasteiger partial charge >= 0.3 is 0 Å². The summed E-state index contributed by atoms with van der Waals surface area (Å²) in [6, 6.07) is 19.8. The van der Waals surface area contributed by atoms with Crippen molar-refractivity contribution in [2.75, 3.05) is 19.0 Å². The number of nitrogens with one attached hydrogen (secondary N) is 1. The van der Waals surface area contributed by atoms with Gasteiger partial charge in [-0.25, -0.2) is 0 Å². The second kappa shape index (κ2) is 11.9. The van der Waals surface area contributed by atoms with Crippen LogP contribution in [0.3, 0.4) is 0 Å². The number of hydrogen-bond donors (Lipinski definition) is 1. The Bertz CT molecular complexity index is 1280. The van der Waals surface area contributed by atoms with Gasteiger partial charge in [-0.3, -0.25) is 14.9 Å². The molecule has 9 nitrogen and oxygen atoms in total. The van der Waals surface area contributed by atoms with Crippen LogP contribution < -0.4 is 19.5 Å². The molecule has 0 unspecified atom stereocenters. The van der Waals surface area contributed by atoms with E-state index in [4.69, 9.17) is 14.2 Å². The SMILES string of the molecule is CCOc1cc(/C=C(/C#N)C(=O)Nc2ccc(OC)cc2)ccc1OCc1cccc([N+](=O)[O-])c1. The molecule has 0 aliphatic carbocycles. The minimum atomic E-state index is -0.554. The Morgan fingerprint density at radius 2 is 1.86 bits per heavy atom. The molecule has 0 aliphatic heterocycles. The molecule has 9 heteroatoms. The monoisotopic (exact) mass is 473 g/mol. The molecule has 178 valence electrons. The number of hydrogen-bond acceptors (Lipinski definition) is 7. The molecule has 3 aromatic rings. The number of amides is 1. The summed E-state index contributed by atoms with van der Waals surface area (Å²) in [4.78, 5) is 23.1. The topological polar surface area (TPSA) is 124 Å². The maximum absolute atomic E-state index is 12.6. The molecule has 0 saturated heterocycles. The van der Waals surface area contributed by atoms with Gasteiger partial charge in [0.05, 0.1) is 18.6 Å². The zero-order chi connectivity index (χ0) is 25.2. The Kier molecular flexibility index (Phi) is 8.40. The minimum absolute atomic E-state index is 0.0198.